The third kappa shape index (κ3) is 3.08. The molecule has 0 saturated heterocycles. The van der Waals surface area contributed by atoms with Gasteiger partial charge in [0, 0.05) is 4.90 Å². The standard InChI is InChI=1S/C6H6O3S2.Na/c7-11(8,9)6-4-2-1-3-5(6)10;/h1-4,10H,(H,7,8,9);/q;+1/p-1. The number of hydrogen-bond acceptors (Lipinski definition) is 4. The van der Waals surface area contributed by atoms with Gasteiger partial charge in [0.1, 0.15) is 10.1 Å². The van der Waals surface area contributed by atoms with Crippen LogP contribution in [0.1, 0.15) is 0 Å². The van der Waals surface area contributed by atoms with Crippen molar-refractivity contribution < 1.29 is 42.5 Å². The summed E-state index contributed by atoms with van der Waals surface area (Å²) in [5, 5.41) is 0. The van der Waals surface area contributed by atoms with Crippen molar-refractivity contribution >= 4 is 22.7 Å². The van der Waals surface area contributed by atoms with Gasteiger partial charge in [0.05, 0.1) is 4.90 Å². The summed E-state index contributed by atoms with van der Waals surface area (Å²) in [4.78, 5) is -0.0918. The Balaban J connectivity index is 0.00000121. The minimum atomic E-state index is -4.36. The fourth-order valence-corrected chi connectivity index (χ4v) is 1.73. The average molecular weight is 212 g/mol. The SMILES string of the molecule is O=S(=O)([O-])c1ccccc1S.[Na+]. The Morgan fingerprint density at radius 1 is 1.25 bits per heavy atom. The summed E-state index contributed by atoms with van der Waals surface area (Å²) in [5.41, 5.74) is 0. The first-order valence-corrected chi connectivity index (χ1v) is 4.61. The summed E-state index contributed by atoms with van der Waals surface area (Å²) >= 11 is 3.81. The second-order valence-electron chi connectivity index (χ2n) is 1.92. The fraction of sp³-hybridized carbons (Fsp3) is 0. The molecule has 3 nitrogen and oxygen atoms in total. The first-order chi connectivity index (χ1) is 5.02. The first kappa shape index (κ1) is 12.5. The zero-order valence-corrected chi connectivity index (χ0v) is 10.1. The summed E-state index contributed by atoms with van der Waals surface area (Å²) < 4.78 is 31.3. The molecule has 0 amide bonds. The number of thiol groups is 1. The predicted molar refractivity (Wildman–Crippen MR) is 41.7 cm³/mol. The molecule has 0 unspecified atom stereocenters. The minimum Gasteiger partial charge on any atom is -0.744 e. The Labute approximate surface area is 98.6 Å². The summed E-state index contributed by atoms with van der Waals surface area (Å²) in [5.74, 6) is 0. The summed E-state index contributed by atoms with van der Waals surface area (Å²) in [7, 11) is -4.36. The molecule has 0 heterocycles. The van der Waals surface area contributed by atoms with Gasteiger partial charge in [-0.2, -0.15) is 0 Å². The van der Waals surface area contributed by atoms with Crippen LogP contribution in [0, 0.1) is 0 Å². The van der Waals surface area contributed by atoms with Crippen LogP contribution in [0.25, 0.3) is 0 Å². The molecule has 0 aliphatic carbocycles. The maximum absolute atomic E-state index is 10.4. The zero-order chi connectivity index (χ0) is 8.48. The van der Waals surface area contributed by atoms with Crippen molar-refractivity contribution in [1.82, 2.24) is 0 Å². The molecule has 1 rings (SSSR count). The van der Waals surface area contributed by atoms with Gasteiger partial charge in [-0.25, -0.2) is 8.42 Å². The first-order valence-electron chi connectivity index (χ1n) is 2.76. The fourth-order valence-electron chi connectivity index (χ4n) is 0.669. The molecule has 6 heteroatoms. The summed E-state index contributed by atoms with van der Waals surface area (Å²) in [6.45, 7) is 0. The van der Waals surface area contributed by atoms with E-state index in [-0.39, 0.29) is 39.3 Å². The average Bonchev–Trinajstić information content (AvgIpc) is 1.86. The van der Waals surface area contributed by atoms with E-state index in [1.807, 2.05) is 0 Å². The van der Waals surface area contributed by atoms with E-state index in [1.54, 1.807) is 6.07 Å². The minimum absolute atomic E-state index is 0. The molecule has 12 heavy (non-hydrogen) atoms. The molecule has 1 aromatic rings. The number of benzene rings is 1. The molecule has 0 bridgehead atoms. The Morgan fingerprint density at radius 2 is 1.75 bits per heavy atom. The van der Waals surface area contributed by atoms with Gasteiger partial charge < -0.3 is 4.55 Å². The number of rotatable bonds is 1. The Morgan fingerprint density at radius 3 is 2.08 bits per heavy atom. The maximum atomic E-state index is 10.4. The van der Waals surface area contributed by atoms with Gasteiger partial charge >= 0.3 is 29.6 Å². The van der Waals surface area contributed by atoms with Crippen LogP contribution < -0.4 is 29.6 Å². The predicted octanol–water partition coefficient (Wildman–Crippen LogP) is -2.12. The second-order valence-corrected chi connectivity index (χ2v) is 3.75. The maximum Gasteiger partial charge on any atom is 1.00 e. The Bertz CT molecular complexity index is 361. The van der Waals surface area contributed by atoms with E-state index < -0.39 is 10.1 Å². The van der Waals surface area contributed by atoms with Gasteiger partial charge in [-0.05, 0) is 12.1 Å². The molecule has 0 aliphatic heterocycles. The van der Waals surface area contributed by atoms with Gasteiger partial charge in [0.2, 0.25) is 0 Å². The van der Waals surface area contributed by atoms with Gasteiger partial charge in [0.25, 0.3) is 0 Å². The van der Waals surface area contributed by atoms with E-state index in [1.165, 1.54) is 18.2 Å². The molecular formula is C6H5NaO3S2. The van der Waals surface area contributed by atoms with Crippen LogP contribution in [0.5, 0.6) is 0 Å². The molecule has 60 valence electrons. The van der Waals surface area contributed by atoms with Crippen LogP contribution in [-0.2, 0) is 10.1 Å². The third-order valence-electron chi connectivity index (χ3n) is 1.13. The van der Waals surface area contributed by atoms with Crippen molar-refractivity contribution in [2.45, 2.75) is 9.79 Å². The topological polar surface area (TPSA) is 57.2 Å². The van der Waals surface area contributed by atoms with Crippen LogP contribution in [0.15, 0.2) is 34.1 Å². The second kappa shape index (κ2) is 4.64. The van der Waals surface area contributed by atoms with Gasteiger partial charge in [0.15, 0.2) is 0 Å². The smallest absolute Gasteiger partial charge is 0.744 e. The molecule has 0 atom stereocenters. The molecule has 0 fully saturated rings. The number of hydrogen-bond donors (Lipinski definition) is 1. The van der Waals surface area contributed by atoms with E-state index in [0.29, 0.717) is 0 Å². The van der Waals surface area contributed by atoms with Crippen molar-refractivity contribution in [3.63, 3.8) is 0 Å². The largest absolute Gasteiger partial charge is 1.00 e. The third-order valence-corrected chi connectivity index (χ3v) is 2.57. The summed E-state index contributed by atoms with van der Waals surface area (Å²) in [6, 6.07) is 5.76. The molecule has 0 aliphatic rings. The monoisotopic (exact) mass is 212 g/mol. The molecule has 0 aromatic heterocycles. The van der Waals surface area contributed by atoms with Gasteiger partial charge in [-0.15, -0.1) is 12.6 Å². The van der Waals surface area contributed by atoms with Crippen molar-refractivity contribution in [3.8, 4) is 0 Å². The molecule has 0 N–H and O–H groups in total. The normalized spacial score (nSPS) is 10.5. The Kier molecular flexibility index (Phi) is 4.83. The van der Waals surface area contributed by atoms with E-state index >= 15 is 0 Å². The van der Waals surface area contributed by atoms with Crippen molar-refractivity contribution in [2.75, 3.05) is 0 Å². The van der Waals surface area contributed by atoms with E-state index in [2.05, 4.69) is 12.6 Å². The van der Waals surface area contributed by atoms with E-state index in [0.717, 1.165) is 0 Å². The van der Waals surface area contributed by atoms with Crippen LogP contribution >= 0.6 is 12.6 Å². The van der Waals surface area contributed by atoms with Crippen molar-refractivity contribution in [3.05, 3.63) is 24.3 Å². The van der Waals surface area contributed by atoms with Gasteiger partial charge in [-0.1, -0.05) is 12.1 Å². The van der Waals surface area contributed by atoms with E-state index in [9.17, 15) is 13.0 Å². The zero-order valence-electron chi connectivity index (χ0n) is 6.39. The molecule has 1 aromatic carbocycles. The summed E-state index contributed by atoms with van der Waals surface area (Å²) in [6.07, 6.45) is 0. The van der Waals surface area contributed by atoms with Gasteiger partial charge in [-0.3, -0.25) is 0 Å². The molecule has 0 saturated carbocycles. The van der Waals surface area contributed by atoms with Crippen LogP contribution in [0.3, 0.4) is 0 Å². The Hall–Kier alpha value is 0.480. The van der Waals surface area contributed by atoms with E-state index in [4.69, 9.17) is 0 Å². The van der Waals surface area contributed by atoms with Crippen LogP contribution in [-0.4, -0.2) is 13.0 Å². The molecule has 0 radical (unpaired) electrons. The molecular weight excluding hydrogens is 207 g/mol. The van der Waals surface area contributed by atoms with Crippen LogP contribution in [0.4, 0.5) is 0 Å². The van der Waals surface area contributed by atoms with Crippen molar-refractivity contribution in [1.29, 1.82) is 0 Å². The molecule has 0 spiro atoms. The quantitative estimate of drug-likeness (QED) is 0.329. The van der Waals surface area contributed by atoms with Crippen LogP contribution in [0.2, 0.25) is 0 Å². The van der Waals surface area contributed by atoms with Crippen molar-refractivity contribution in [2.24, 2.45) is 0 Å².